The first kappa shape index (κ1) is 15.3. The number of nitrogens with two attached hydrogens (primary N) is 1. The summed E-state index contributed by atoms with van der Waals surface area (Å²) in [4.78, 5) is 22.8. The lowest BCUT2D eigenvalue weighted by Gasteiger charge is -2.25. The molecule has 0 heterocycles. The molecule has 5 nitrogen and oxygen atoms in total. The van der Waals surface area contributed by atoms with E-state index in [0.717, 1.165) is 37.3 Å². The third-order valence-corrected chi connectivity index (χ3v) is 4.02. The molecule has 0 unspecified atom stereocenters. The van der Waals surface area contributed by atoms with Crippen molar-refractivity contribution in [2.75, 3.05) is 11.9 Å². The van der Waals surface area contributed by atoms with Gasteiger partial charge in [-0.05, 0) is 36.6 Å². The third kappa shape index (κ3) is 3.70. The first-order valence-corrected chi connectivity index (χ1v) is 7.08. The fourth-order valence-electron chi connectivity index (χ4n) is 2.68. The predicted octanol–water partition coefficient (Wildman–Crippen LogP) is 2.24. The average molecular weight is 288 g/mol. The van der Waals surface area contributed by atoms with E-state index >= 15 is 0 Å². The van der Waals surface area contributed by atoms with Crippen molar-refractivity contribution in [1.29, 1.82) is 0 Å². The van der Waals surface area contributed by atoms with Gasteiger partial charge in [0.1, 0.15) is 0 Å². The number of hydrogen-bond donors (Lipinski definition) is 3. The fraction of sp³-hybridized carbons (Fsp3) is 0.375. The molecule has 1 aromatic rings. The largest absolute Gasteiger partial charge is 0.478 e. The van der Waals surface area contributed by atoms with Crippen LogP contribution in [0.5, 0.6) is 0 Å². The number of anilines is 1. The normalized spacial score (nSPS) is 17.0. The Labute approximate surface area is 123 Å². The smallest absolute Gasteiger partial charge is 0.328 e. The Bertz CT molecular complexity index is 543. The van der Waals surface area contributed by atoms with Crippen LogP contribution in [0.15, 0.2) is 30.3 Å². The van der Waals surface area contributed by atoms with Crippen LogP contribution in [-0.2, 0) is 9.59 Å². The van der Waals surface area contributed by atoms with Crippen LogP contribution in [0.25, 0.3) is 6.08 Å². The van der Waals surface area contributed by atoms with Crippen molar-refractivity contribution < 1.29 is 14.7 Å². The summed E-state index contributed by atoms with van der Waals surface area (Å²) in [6.45, 7) is 0.373. The molecule has 1 aliphatic carbocycles. The Morgan fingerprint density at radius 1 is 1.24 bits per heavy atom. The number of hydrogen-bond acceptors (Lipinski definition) is 3. The summed E-state index contributed by atoms with van der Waals surface area (Å²) in [5, 5.41) is 11.5. The highest BCUT2D eigenvalue weighted by molar-refractivity contribution is 5.95. The van der Waals surface area contributed by atoms with E-state index in [1.807, 2.05) is 0 Å². The molecule has 5 heteroatoms. The second-order valence-electron chi connectivity index (χ2n) is 5.44. The highest BCUT2D eigenvalue weighted by atomic mass is 16.4. The molecular weight excluding hydrogens is 268 g/mol. The van der Waals surface area contributed by atoms with E-state index in [4.69, 9.17) is 10.8 Å². The maximum Gasteiger partial charge on any atom is 0.328 e. The van der Waals surface area contributed by atoms with Crippen molar-refractivity contribution in [1.82, 2.24) is 0 Å². The number of aliphatic carboxylic acids is 1. The van der Waals surface area contributed by atoms with Crippen LogP contribution in [0.1, 0.15) is 31.2 Å². The Balaban J connectivity index is 2.03. The summed E-state index contributed by atoms with van der Waals surface area (Å²) in [6, 6.07) is 7.05. The van der Waals surface area contributed by atoms with E-state index in [1.165, 1.54) is 6.08 Å². The molecule has 1 aliphatic rings. The molecule has 4 N–H and O–H groups in total. The van der Waals surface area contributed by atoms with Crippen LogP contribution in [0.4, 0.5) is 5.69 Å². The lowest BCUT2D eigenvalue weighted by Crippen LogP contribution is -2.40. The van der Waals surface area contributed by atoms with Crippen molar-refractivity contribution in [3.05, 3.63) is 35.9 Å². The summed E-state index contributed by atoms with van der Waals surface area (Å²) in [5.41, 5.74) is 6.83. The van der Waals surface area contributed by atoms with Gasteiger partial charge in [0.15, 0.2) is 0 Å². The molecule has 1 aromatic carbocycles. The van der Waals surface area contributed by atoms with Crippen LogP contribution in [-0.4, -0.2) is 23.5 Å². The van der Waals surface area contributed by atoms with Crippen molar-refractivity contribution in [3.63, 3.8) is 0 Å². The van der Waals surface area contributed by atoms with E-state index in [0.29, 0.717) is 12.2 Å². The molecule has 2 rings (SSSR count). The van der Waals surface area contributed by atoms with Gasteiger partial charge in [-0.1, -0.05) is 25.0 Å². The Morgan fingerprint density at radius 3 is 2.38 bits per heavy atom. The molecular formula is C16H20N2O3. The summed E-state index contributed by atoms with van der Waals surface area (Å²) in [7, 11) is 0. The molecule has 1 fully saturated rings. The first-order chi connectivity index (χ1) is 10.1. The zero-order valence-electron chi connectivity index (χ0n) is 11.8. The number of amides is 1. The standard InChI is InChI=1S/C16H20N2O3/c17-11-16(9-1-2-10-16)15(21)18-13-6-3-12(4-7-13)5-8-14(19)20/h3-8H,1-2,9-11,17H2,(H,18,21)(H,19,20)/b8-5+. The summed E-state index contributed by atoms with van der Waals surface area (Å²) in [5.74, 6) is -1.00. The zero-order valence-corrected chi connectivity index (χ0v) is 11.8. The Kier molecular flexibility index (Phi) is 4.75. The third-order valence-electron chi connectivity index (χ3n) is 4.02. The fourth-order valence-corrected chi connectivity index (χ4v) is 2.68. The van der Waals surface area contributed by atoms with Gasteiger partial charge in [-0.15, -0.1) is 0 Å². The lowest BCUT2D eigenvalue weighted by molar-refractivity contribution is -0.131. The monoisotopic (exact) mass is 288 g/mol. The molecule has 21 heavy (non-hydrogen) atoms. The van der Waals surface area contributed by atoms with Gasteiger partial charge in [0.05, 0.1) is 5.41 Å². The number of rotatable bonds is 5. The molecule has 0 atom stereocenters. The quantitative estimate of drug-likeness (QED) is 0.724. The minimum Gasteiger partial charge on any atom is -0.478 e. The lowest BCUT2D eigenvalue weighted by atomic mass is 9.85. The van der Waals surface area contributed by atoms with E-state index in [9.17, 15) is 9.59 Å². The number of nitrogens with one attached hydrogen (secondary N) is 1. The van der Waals surface area contributed by atoms with Gasteiger partial charge in [-0.25, -0.2) is 4.79 Å². The molecule has 0 saturated heterocycles. The van der Waals surface area contributed by atoms with Crippen LogP contribution >= 0.6 is 0 Å². The van der Waals surface area contributed by atoms with E-state index in [1.54, 1.807) is 24.3 Å². The molecule has 1 saturated carbocycles. The number of carboxylic acids is 1. The van der Waals surface area contributed by atoms with Crippen molar-refractivity contribution in [3.8, 4) is 0 Å². The molecule has 0 aliphatic heterocycles. The minimum absolute atomic E-state index is 0.0173. The van der Waals surface area contributed by atoms with Gasteiger partial charge in [0.2, 0.25) is 5.91 Å². The number of benzene rings is 1. The van der Waals surface area contributed by atoms with Gasteiger partial charge in [-0.2, -0.15) is 0 Å². The molecule has 112 valence electrons. The van der Waals surface area contributed by atoms with Gasteiger partial charge >= 0.3 is 5.97 Å². The molecule has 1 amide bonds. The average Bonchev–Trinajstić information content (AvgIpc) is 2.96. The second-order valence-corrected chi connectivity index (χ2v) is 5.44. The van der Waals surface area contributed by atoms with Gasteiger partial charge in [0, 0.05) is 18.3 Å². The molecule has 0 bridgehead atoms. The van der Waals surface area contributed by atoms with Gasteiger partial charge < -0.3 is 16.2 Å². The maximum atomic E-state index is 12.4. The SMILES string of the molecule is NCC1(C(=O)Nc2ccc(/C=C/C(=O)O)cc2)CCCC1. The maximum absolute atomic E-state index is 12.4. The molecule has 0 spiro atoms. The van der Waals surface area contributed by atoms with Crippen molar-refractivity contribution in [2.45, 2.75) is 25.7 Å². The van der Waals surface area contributed by atoms with Crippen LogP contribution < -0.4 is 11.1 Å². The summed E-state index contributed by atoms with van der Waals surface area (Å²) >= 11 is 0. The van der Waals surface area contributed by atoms with Crippen LogP contribution in [0, 0.1) is 5.41 Å². The topological polar surface area (TPSA) is 92.4 Å². The zero-order chi connectivity index (χ0) is 15.3. The number of carbonyl (C=O) groups excluding carboxylic acids is 1. The summed E-state index contributed by atoms with van der Waals surface area (Å²) in [6.07, 6.45) is 6.36. The minimum atomic E-state index is -0.987. The first-order valence-electron chi connectivity index (χ1n) is 7.08. The molecule has 0 aromatic heterocycles. The van der Waals surface area contributed by atoms with Gasteiger partial charge in [-0.3, -0.25) is 4.79 Å². The number of carboxylic acid groups (broad SMARTS) is 1. The number of carbonyl (C=O) groups is 2. The van der Waals surface area contributed by atoms with Crippen molar-refractivity contribution >= 4 is 23.6 Å². The second kappa shape index (κ2) is 6.54. The highest BCUT2D eigenvalue weighted by Crippen LogP contribution is 2.38. The van der Waals surface area contributed by atoms with E-state index in [2.05, 4.69) is 5.32 Å². The van der Waals surface area contributed by atoms with Crippen LogP contribution in [0.3, 0.4) is 0 Å². The highest BCUT2D eigenvalue weighted by Gasteiger charge is 2.39. The summed E-state index contributed by atoms with van der Waals surface area (Å²) < 4.78 is 0. The van der Waals surface area contributed by atoms with E-state index < -0.39 is 11.4 Å². The van der Waals surface area contributed by atoms with E-state index in [-0.39, 0.29) is 5.91 Å². The predicted molar refractivity (Wildman–Crippen MR) is 81.7 cm³/mol. The Hall–Kier alpha value is -2.14. The molecule has 0 radical (unpaired) electrons. The van der Waals surface area contributed by atoms with Crippen LogP contribution in [0.2, 0.25) is 0 Å². The van der Waals surface area contributed by atoms with Crippen molar-refractivity contribution in [2.24, 2.45) is 11.1 Å². The Morgan fingerprint density at radius 2 is 1.86 bits per heavy atom. The van der Waals surface area contributed by atoms with Gasteiger partial charge in [0.25, 0.3) is 0 Å².